The minimum atomic E-state index is -1.65. The first-order valence-electron chi connectivity index (χ1n) is 13.0. The van der Waals surface area contributed by atoms with Gasteiger partial charge in [-0.2, -0.15) is 0 Å². The fourth-order valence-electron chi connectivity index (χ4n) is 4.06. The Kier molecular flexibility index (Phi) is 13.8. The summed E-state index contributed by atoms with van der Waals surface area (Å²) < 4.78 is 10.0. The predicted molar refractivity (Wildman–Crippen MR) is 132 cm³/mol. The third-order valence-electron chi connectivity index (χ3n) is 6.53. The zero-order valence-corrected chi connectivity index (χ0v) is 20.8. The molecule has 1 aliphatic heterocycles. The molecule has 1 saturated carbocycles. The Balaban J connectivity index is 1.49. The number of carbonyl (C=O) groups is 1. The van der Waals surface area contributed by atoms with E-state index in [0.717, 1.165) is 6.42 Å². The van der Waals surface area contributed by atoms with Crippen LogP contribution in [0.4, 0.5) is 0 Å². The molecule has 1 saturated heterocycles. The second-order valence-corrected chi connectivity index (χ2v) is 9.63. The Morgan fingerprint density at radius 3 is 2.51 bits per heavy atom. The van der Waals surface area contributed by atoms with Crippen LogP contribution >= 0.6 is 0 Å². The van der Waals surface area contributed by atoms with Gasteiger partial charge in [-0.15, -0.1) is 0 Å². The van der Waals surface area contributed by atoms with Crippen LogP contribution in [0.2, 0.25) is 0 Å². The molecule has 0 aromatic carbocycles. The van der Waals surface area contributed by atoms with Crippen molar-refractivity contribution >= 4 is 5.97 Å². The maximum absolute atomic E-state index is 11.9. The molecule has 35 heavy (non-hydrogen) atoms. The third-order valence-corrected chi connectivity index (χ3v) is 6.53. The summed E-state index contributed by atoms with van der Waals surface area (Å²) in [4.78, 5) is 11.9. The fraction of sp³-hybridized carbons (Fsp3) is 0.741. The quantitative estimate of drug-likeness (QED) is 0.125. The highest BCUT2D eigenvalue weighted by Gasteiger charge is 2.43. The lowest BCUT2D eigenvalue weighted by atomic mass is 9.99. The molecular formula is C27H44O8. The molecule has 0 bridgehead atoms. The van der Waals surface area contributed by atoms with E-state index in [1.54, 1.807) is 0 Å². The average Bonchev–Trinajstić information content (AvgIpc) is 3.60. The van der Waals surface area contributed by atoms with Crippen molar-refractivity contribution in [3.05, 3.63) is 36.5 Å². The molecule has 5 N–H and O–H groups in total. The van der Waals surface area contributed by atoms with E-state index in [0.29, 0.717) is 31.1 Å². The molecule has 0 amide bonds. The highest BCUT2D eigenvalue weighted by Crippen LogP contribution is 2.42. The summed E-state index contributed by atoms with van der Waals surface area (Å²) in [5, 5.41) is 48.5. The lowest BCUT2D eigenvalue weighted by Gasteiger charge is -2.37. The van der Waals surface area contributed by atoms with Crippen LogP contribution in [0.3, 0.4) is 0 Å². The Morgan fingerprint density at radius 2 is 1.74 bits per heavy atom. The number of carbonyl (C=O) groups excluding carboxylic acids is 1. The minimum absolute atomic E-state index is 0.166. The van der Waals surface area contributed by atoms with Gasteiger partial charge in [-0.05, 0) is 56.8 Å². The fourth-order valence-corrected chi connectivity index (χ4v) is 4.06. The second-order valence-electron chi connectivity index (χ2n) is 9.63. The summed E-state index contributed by atoms with van der Waals surface area (Å²) in [5.41, 5.74) is 0. The molecule has 1 heterocycles. The smallest absolute Gasteiger partial charge is 0.305 e. The van der Waals surface area contributed by atoms with Crippen LogP contribution in [0.15, 0.2) is 36.5 Å². The molecule has 8 atom stereocenters. The van der Waals surface area contributed by atoms with E-state index < -0.39 is 42.8 Å². The predicted octanol–water partition coefficient (Wildman–Crippen LogP) is 2.53. The number of allylic oxidation sites excluding steroid dienone is 4. The first-order chi connectivity index (χ1) is 16.8. The standard InChI is InChI=1S/C27H44O8/c1-2-3-4-5-6-9-12-19-17-20(19)15-16-21(28)13-10-7-8-11-14-23(29)34-18-22-24(30)25(31)26(32)27(33)35-22/h6-7,9-10,15-16,19-22,24-28,30-33H,2-5,8,11-14,17-18H2,1H3/b9-6-,10-7-,16-15+/t19?,20?,21-,22?,24?,25?,26?,27?/m1/s1. The number of rotatable bonds is 16. The summed E-state index contributed by atoms with van der Waals surface area (Å²) in [6, 6.07) is 0. The van der Waals surface area contributed by atoms with Crippen LogP contribution in [-0.4, -0.2) is 74.9 Å². The lowest BCUT2D eigenvalue weighted by molar-refractivity contribution is -0.287. The zero-order valence-electron chi connectivity index (χ0n) is 20.8. The molecule has 8 heteroatoms. The van der Waals surface area contributed by atoms with Crippen molar-refractivity contribution in [2.75, 3.05) is 6.61 Å². The van der Waals surface area contributed by atoms with Crippen LogP contribution in [0, 0.1) is 11.8 Å². The molecule has 0 aromatic heterocycles. The summed E-state index contributed by atoms with van der Waals surface area (Å²) >= 11 is 0. The summed E-state index contributed by atoms with van der Waals surface area (Å²) in [5.74, 6) is 0.810. The molecule has 8 nitrogen and oxygen atoms in total. The van der Waals surface area contributed by atoms with Gasteiger partial charge in [0.2, 0.25) is 0 Å². The van der Waals surface area contributed by atoms with Crippen molar-refractivity contribution in [3.8, 4) is 0 Å². The number of ether oxygens (including phenoxy) is 2. The van der Waals surface area contributed by atoms with Gasteiger partial charge in [-0.25, -0.2) is 0 Å². The van der Waals surface area contributed by atoms with E-state index >= 15 is 0 Å². The molecule has 2 rings (SSSR count). The minimum Gasteiger partial charge on any atom is -0.463 e. The zero-order chi connectivity index (χ0) is 25.6. The molecule has 7 unspecified atom stereocenters. The lowest BCUT2D eigenvalue weighted by Crippen LogP contribution is -2.58. The molecule has 1 aliphatic carbocycles. The highest BCUT2D eigenvalue weighted by atomic mass is 16.6. The Labute approximate surface area is 209 Å². The van der Waals surface area contributed by atoms with Crippen molar-refractivity contribution in [1.29, 1.82) is 0 Å². The molecule has 2 aliphatic rings. The van der Waals surface area contributed by atoms with Crippen LogP contribution in [0.25, 0.3) is 0 Å². The van der Waals surface area contributed by atoms with Gasteiger partial charge in [0.1, 0.15) is 31.0 Å². The van der Waals surface area contributed by atoms with E-state index in [1.165, 1.54) is 32.1 Å². The maximum Gasteiger partial charge on any atom is 0.305 e. The Morgan fingerprint density at radius 1 is 1.00 bits per heavy atom. The van der Waals surface area contributed by atoms with E-state index in [9.17, 15) is 30.3 Å². The molecule has 0 spiro atoms. The van der Waals surface area contributed by atoms with Gasteiger partial charge >= 0.3 is 5.97 Å². The van der Waals surface area contributed by atoms with Crippen molar-refractivity contribution in [2.24, 2.45) is 11.8 Å². The van der Waals surface area contributed by atoms with Crippen LogP contribution in [-0.2, 0) is 14.3 Å². The summed E-state index contributed by atoms with van der Waals surface area (Å²) in [7, 11) is 0. The largest absolute Gasteiger partial charge is 0.463 e. The molecular weight excluding hydrogens is 452 g/mol. The van der Waals surface area contributed by atoms with Gasteiger partial charge in [0.15, 0.2) is 6.29 Å². The van der Waals surface area contributed by atoms with Gasteiger partial charge in [0.25, 0.3) is 0 Å². The average molecular weight is 497 g/mol. The number of aliphatic hydroxyl groups is 5. The van der Waals surface area contributed by atoms with E-state index in [1.807, 2.05) is 18.2 Å². The first-order valence-corrected chi connectivity index (χ1v) is 13.0. The molecule has 200 valence electrons. The van der Waals surface area contributed by atoms with E-state index in [-0.39, 0.29) is 13.0 Å². The SMILES string of the molecule is CCCCC/C=C\CC1CC1/C=C/[C@H](O)C/C=C\CCCC(=O)OCC1OC(O)C(O)C(O)C1O. The number of hydrogen-bond acceptors (Lipinski definition) is 8. The summed E-state index contributed by atoms with van der Waals surface area (Å²) in [6.07, 6.45) is 13.8. The van der Waals surface area contributed by atoms with Crippen molar-refractivity contribution in [1.82, 2.24) is 0 Å². The van der Waals surface area contributed by atoms with Gasteiger partial charge in [-0.1, -0.05) is 56.2 Å². The van der Waals surface area contributed by atoms with Gasteiger partial charge < -0.3 is 35.0 Å². The Hall–Kier alpha value is -1.55. The summed E-state index contributed by atoms with van der Waals surface area (Å²) in [6.45, 7) is 1.89. The van der Waals surface area contributed by atoms with Crippen molar-refractivity contribution in [3.63, 3.8) is 0 Å². The van der Waals surface area contributed by atoms with Crippen LogP contribution in [0.5, 0.6) is 0 Å². The van der Waals surface area contributed by atoms with Crippen LogP contribution < -0.4 is 0 Å². The second kappa shape index (κ2) is 16.2. The van der Waals surface area contributed by atoms with E-state index in [4.69, 9.17) is 9.47 Å². The first kappa shape index (κ1) is 29.7. The Bertz CT molecular complexity index is 691. The van der Waals surface area contributed by atoms with Crippen LogP contribution in [0.1, 0.15) is 71.1 Å². The number of aliphatic hydroxyl groups excluding tert-OH is 5. The number of unbranched alkanes of at least 4 members (excludes halogenated alkanes) is 4. The molecule has 2 fully saturated rings. The van der Waals surface area contributed by atoms with Crippen molar-refractivity contribution in [2.45, 2.75) is 108 Å². The highest BCUT2D eigenvalue weighted by molar-refractivity contribution is 5.69. The van der Waals surface area contributed by atoms with Gasteiger partial charge in [-0.3, -0.25) is 4.79 Å². The topological polar surface area (TPSA) is 137 Å². The molecule has 0 radical (unpaired) electrons. The monoisotopic (exact) mass is 496 g/mol. The van der Waals surface area contributed by atoms with E-state index in [2.05, 4.69) is 25.2 Å². The molecule has 0 aromatic rings. The van der Waals surface area contributed by atoms with Crippen molar-refractivity contribution < 1.29 is 39.8 Å². The maximum atomic E-state index is 11.9. The van der Waals surface area contributed by atoms with Gasteiger partial charge in [0.05, 0.1) is 6.10 Å². The van der Waals surface area contributed by atoms with Gasteiger partial charge in [0, 0.05) is 6.42 Å². The number of esters is 1. The third kappa shape index (κ3) is 11.4. The normalized spacial score (nSPS) is 32.0. The number of hydrogen-bond donors (Lipinski definition) is 5.